The topological polar surface area (TPSA) is 51.2 Å². The van der Waals surface area contributed by atoms with Gasteiger partial charge in [-0.15, -0.1) is 0 Å². The van der Waals surface area contributed by atoms with Crippen LogP contribution in [0.3, 0.4) is 0 Å². The average Bonchev–Trinajstić information content (AvgIpc) is 2.69. The van der Waals surface area contributed by atoms with Crippen molar-refractivity contribution in [3.05, 3.63) is 101 Å². The number of rotatable bonds is 8. The Morgan fingerprint density at radius 1 is 0.750 bits per heavy atom. The molecular weight excluding hydrogens is 391 g/mol. The van der Waals surface area contributed by atoms with Gasteiger partial charge in [-0.1, -0.05) is 66.7 Å². The van der Waals surface area contributed by atoms with Gasteiger partial charge < -0.3 is 0 Å². The third kappa shape index (κ3) is 5.28. The molecule has 0 spiro atoms. The summed E-state index contributed by atoms with van der Waals surface area (Å²) in [4.78, 5) is 11.3. The van der Waals surface area contributed by atoms with Crippen LogP contribution in [0.15, 0.2) is 72.8 Å². The summed E-state index contributed by atoms with van der Waals surface area (Å²) in [6.07, 6.45) is 1.83. The zero-order chi connectivity index (χ0) is 19.9. The monoisotopic (exact) mass is 410 g/mol. The van der Waals surface area contributed by atoms with Crippen LogP contribution in [0.4, 0.5) is 0 Å². The van der Waals surface area contributed by atoms with Crippen molar-refractivity contribution in [2.45, 2.75) is 25.7 Å². The van der Waals surface area contributed by atoms with Gasteiger partial charge >= 0.3 is 7.68 Å². The first kappa shape index (κ1) is 20.3. The van der Waals surface area contributed by atoms with Gasteiger partial charge in [0.15, 0.2) is 0 Å². The molecule has 0 N–H and O–H groups in total. The standard InChI is InChI=1S/C23H20ClO3P/c24-23(25)14-12-19-11-13-22(28(26)27)21(16-18-9-5-2-6-10-18)20(19)15-17-7-3-1-4-8-17/h1-11,13H,12,14-16H2. The van der Waals surface area contributed by atoms with Crippen molar-refractivity contribution < 1.29 is 13.9 Å². The van der Waals surface area contributed by atoms with Gasteiger partial charge in [-0.25, -0.2) is 9.13 Å². The van der Waals surface area contributed by atoms with Gasteiger partial charge in [0.1, 0.15) is 0 Å². The van der Waals surface area contributed by atoms with Crippen LogP contribution in [-0.2, 0) is 33.2 Å². The second kappa shape index (κ2) is 9.64. The lowest BCUT2D eigenvalue weighted by atomic mass is 9.89. The highest BCUT2D eigenvalue weighted by Crippen LogP contribution is 2.25. The van der Waals surface area contributed by atoms with Gasteiger partial charge in [0, 0.05) is 6.42 Å². The molecule has 0 aliphatic rings. The number of hydrogen-bond donors (Lipinski definition) is 0. The van der Waals surface area contributed by atoms with E-state index in [1.807, 2.05) is 66.7 Å². The maximum Gasteiger partial charge on any atom is 0.349 e. The molecule has 3 aromatic carbocycles. The largest absolute Gasteiger partial charge is 0.349 e. The predicted molar refractivity (Wildman–Crippen MR) is 112 cm³/mol. The molecule has 0 aliphatic carbocycles. The minimum atomic E-state index is -2.73. The van der Waals surface area contributed by atoms with Crippen LogP contribution >= 0.6 is 19.3 Å². The van der Waals surface area contributed by atoms with Gasteiger partial charge in [-0.3, -0.25) is 4.79 Å². The van der Waals surface area contributed by atoms with E-state index in [-0.39, 0.29) is 6.42 Å². The van der Waals surface area contributed by atoms with E-state index in [1.54, 1.807) is 6.07 Å². The van der Waals surface area contributed by atoms with Crippen LogP contribution in [0.5, 0.6) is 0 Å². The summed E-state index contributed by atoms with van der Waals surface area (Å²) in [5.74, 6) is 0. The number of halogens is 1. The molecule has 0 aliphatic heterocycles. The average molecular weight is 411 g/mol. The van der Waals surface area contributed by atoms with Crippen molar-refractivity contribution >= 4 is 29.8 Å². The molecule has 0 heterocycles. The van der Waals surface area contributed by atoms with Gasteiger partial charge in [0.05, 0.1) is 5.30 Å². The molecule has 3 aromatic rings. The second-order valence-corrected chi connectivity index (χ2v) is 8.06. The predicted octanol–water partition coefficient (Wildman–Crippen LogP) is 5.36. The van der Waals surface area contributed by atoms with Crippen LogP contribution in [-0.4, -0.2) is 5.24 Å². The van der Waals surface area contributed by atoms with Crippen molar-refractivity contribution in [1.29, 1.82) is 0 Å². The highest BCUT2D eigenvalue weighted by Gasteiger charge is 2.18. The highest BCUT2D eigenvalue weighted by molar-refractivity contribution is 7.40. The molecule has 3 rings (SSSR count). The zero-order valence-corrected chi connectivity index (χ0v) is 17.0. The molecule has 0 aromatic heterocycles. The van der Waals surface area contributed by atoms with Crippen LogP contribution in [0.25, 0.3) is 0 Å². The van der Waals surface area contributed by atoms with Crippen LogP contribution in [0, 0.1) is 0 Å². The van der Waals surface area contributed by atoms with Crippen molar-refractivity contribution in [2.75, 3.05) is 0 Å². The van der Waals surface area contributed by atoms with E-state index in [0.29, 0.717) is 24.6 Å². The second-order valence-electron chi connectivity index (χ2n) is 6.64. The summed E-state index contributed by atoms with van der Waals surface area (Å²) < 4.78 is 23.9. The van der Waals surface area contributed by atoms with Crippen molar-refractivity contribution in [3.8, 4) is 0 Å². The fraction of sp³-hybridized carbons (Fsp3) is 0.174. The Balaban J connectivity index is 2.13. The van der Waals surface area contributed by atoms with E-state index in [0.717, 1.165) is 27.8 Å². The maximum atomic E-state index is 12.0. The van der Waals surface area contributed by atoms with E-state index in [9.17, 15) is 13.9 Å². The molecular formula is C23H20ClO3P. The molecule has 142 valence electrons. The minimum Gasteiger partial charge on any atom is -0.281 e. The number of aryl methyl sites for hydroxylation is 1. The first-order chi connectivity index (χ1) is 13.5. The lowest BCUT2D eigenvalue weighted by Crippen LogP contribution is -2.13. The summed E-state index contributed by atoms with van der Waals surface area (Å²) in [7, 11) is -2.73. The summed E-state index contributed by atoms with van der Waals surface area (Å²) in [5, 5.41) is -0.0556. The number of carbonyl (C=O) groups is 1. The van der Waals surface area contributed by atoms with E-state index in [1.165, 1.54) is 0 Å². The van der Waals surface area contributed by atoms with Crippen LogP contribution < -0.4 is 5.30 Å². The van der Waals surface area contributed by atoms with Crippen LogP contribution in [0.1, 0.15) is 34.2 Å². The first-order valence-corrected chi connectivity index (χ1v) is 10.6. The van der Waals surface area contributed by atoms with Gasteiger partial charge in [-0.05, 0) is 64.7 Å². The molecule has 0 fully saturated rings. The lowest BCUT2D eigenvalue weighted by molar-refractivity contribution is -0.111. The Bertz CT molecular complexity index is 1020. The fourth-order valence-corrected chi connectivity index (χ4v) is 4.11. The van der Waals surface area contributed by atoms with Gasteiger partial charge in [0.25, 0.3) is 0 Å². The normalized spacial score (nSPS) is 10.6. The van der Waals surface area contributed by atoms with E-state index in [2.05, 4.69) is 0 Å². The molecule has 28 heavy (non-hydrogen) atoms. The molecule has 0 unspecified atom stereocenters. The van der Waals surface area contributed by atoms with Gasteiger partial charge in [-0.2, -0.15) is 0 Å². The number of carbonyl (C=O) groups excluding carboxylic acids is 1. The number of hydrogen-bond acceptors (Lipinski definition) is 3. The maximum absolute atomic E-state index is 12.0. The highest BCUT2D eigenvalue weighted by atomic mass is 35.5. The first-order valence-electron chi connectivity index (χ1n) is 9.09. The SMILES string of the molecule is O=C(Cl)CCc1ccc(P(=O)=O)c(Cc2ccccc2)c1Cc1ccccc1. The summed E-state index contributed by atoms with van der Waals surface area (Å²) in [6, 6.07) is 23.2. The molecule has 0 atom stereocenters. The van der Waals surface area contributed by atoms with Crippen molar-refractivity contribution in [2.24, 2.45) is 0 Å². The van der Waals surface area contributed by atoms with Crippen LogP contribution in [0.2, 0.25) is 0 Å². The Kier molecular flexibility index (Phi) is 6.97. The summed E-state index contributed by atoms with van der Waals surface area (Å²) in [6.45, 7) is 0. The molecule has 5 heteroatoms. The minimum absolute atomic E-state index is 0.219. The molecule has 0 saturated heterocycles. The smallest absolute Gasteiger partial charge is 0.281 e. The molecule has 0 saturated carbocycles. The number of benzene rings is 3. The Labute approximate surface area is 170 Å². The Hall–Kier alpha value is -2.48. The molecule has 0 amide bonds. The van der Waals surface area contributed by atoms with E-state index < -0.39 is 12.9 Å². The fourth-order valence-electron chi connectivity index (χ4n) is 3.38. The van der Waals surface area contributed by atoms with Gasteiger partial charge in [0.2, 0.25) is 5.24 Å². The van der Waals surface area contributed by atoms with Crippen molar-refractivity contribution in [1.82, 2.24) is 0 Å². The summed E-state index contributed by atoms with van der Waals surface area (Å²) in [5.41, 5.74) is 4.86. The van der Waals surface area contributed by atoms with Crippen molar-refractivity contribution in [3.63, 3.8) is 0 Å². The molecule has 0 bridgehead atoms. The third-order valence-electron chi connectivity index (χ3n) is 4.74. The lowest BCUT2D eigenvalue weighted by Gasteiger charge is -2.17. The van der Waals surface area contributed by atoms with E-state index in [4.69, 9.17) is 11.6 Å². The zero-order valence-electron chi connectivity index (χ0n) is 15.3. The third-order valence-corrected chi connectivity index (χ3v) is 5.74. The quantitative estimate of drug-likeness (QED) is 0.371. The molecule has 3 nitrogen and oxygen atoms in total. The Morgan fingerprint density at radius 2 is 1.29 bits per heavy atom. The Morgan fingerprint density at radius 3 is 1.79 bits per heavy atom. The molecule has 0 radical (unpaired) electrons. The summed E-state index contributed by atoms with van der Waals surface area (Å²) >= 11 is 5.56. The van der Waals surface area contributed by atoms with E-state index >= 15 is 0 Å².